The molecule has 0 bridgehead atoms. The van der Waals surface area contributed by atoms with Crippen molar-refractivity contribution in [3.63, 3.8) is 0 Å². The number of benzene rings is 6. The molecule has 0 aromatic heterocycles. The summed E-state index contributed by atoms with van der Waals surface area (Å²) >= 11 is 6.32. The number of halogens is 2. The predicted octanol–water partition coefficient (Wildman–Crippen LogP) is 11.8. The van der Waals surface area contributed by atoms with Crippen molar-refractivity contribution in [1.29, 1.82) is 0 Å². The van der Waals surface area contributed by atoms with Crippen molar-refractivity contribution in [2.75, 3.05) is 88.5 Å². The quantitative estimate of drug-likeness (QED) is 0.0227. The molecule has 6 aromatic carbocycles. The van der Waals surface area contributed by atoms with Crippen LogP contribution in [-0.4, -0.2) is 95.5 Å². The lowest BCUT2D eigenvalue weighted by atomic mass is 10.1. The first-order chi connectivity index (χ1) is 36.8. The van der Waals surface area contributed by atoms with E-state index >= 15 is 4.39 Å². The van der Waals surface area contributed by atoms with E-state index in [9.17, 15) is 9.59 Å². The second kappa shape index (κ2) is 25.5. The Balaban J connectivity index is 1.02. The molecule has 1 fully saturated rings. The fraction of sp³-hybridized carbons (Fsp3) is 0.241. The van der Waals surface area contributed by atoms with Gasteiger partial charge in [0.25, 0.3) is 0 Å². The molecule has 0 heterocycles. The van der Waals surface area contributed by atoms with Crippen molar-refractivity contribution in [3.05, 3.63) is 141 Å². The van der Waals surface area contributed by atoms with Crippen LogP contribution in [0.2, 0.25) is 5.02 Å². The Labute approximate surface area is 445 Å². The number of hydrogen-bond acceptors (Lipinski definition) is 16. The molecule has 6 aromatic rings. The third-order valence-corrected chi connectivity index (χ3v) is 12.5. The van der Waals surface area contributed by atoms with E-state index in [1.54, 1.807) is 68.8 Å². The largest absolute Gasteiger partial charge is 0.495 e. The highest BCUT2D eigenvalue weighted by Crippen LogP contribution is 2.44. The number of carbonyl (C=O) groups is 2. The van der Waals surface area contributed by atoms with Crippen LogP contribution in [0.3, 0.4) is 0 Å². The summed E-state index contributed by atoms with van der Waals surface area (Å²) < 4.78 is 82.6. The summed E-state index contributed by atoms with van der Waals surface area (Å²) in [5.41, 5.74) is 4.68. The summed E-state index contributed by atoms with van der Waals surface area (Å²) in [5, 5.41) is 7.01. The minimum atomic E-state index is -0.789. The fourth-order valence-electron chi connectivity index (χ4n) is 8.15. The average molecular weight is 1060 g/mol. The van der Waals surface area contributed by atoms with Gasteiger partial charge in [-0.3, -0.25) is 9.59 Å². The molecule has 0 saturated heterocycles. The summed E-state index contributed by atoms with van der Waals surface area (Å²) in [4.78, 5) is 26.7. The van der Waals surface area contributed by atoms with Gasteiger partial charge >= 0.3 is 0 Å². The zero-order valence-corrected chi connectivity index (χ0v) is 44.3. The summed E-state index contributed by atoms with van der Waals surface area (Å²) in [6, 6.07) is 22.9. The van der Waals surface area contributed by atoms with Crippen LogP contribution in [0.5, 0.6) is 69.0 Å². The Morgan fingerprint density at radius 2 is 1.00 bits per heavy atom. The number of methoxy groups -OCH3 is 10. The number of anilines is 2. The summed E-state index contributed by atoms with van der Waals surface area (Å²) in [6.45, 7) is -0.434. The van der Waals surface area contributed by atoms with Gasteiger partial charge in [0.1, 0.15) is 5.75 Å². The van der Waals surface area contributed by atoms with Gasteiger partial charge in [-0.25, -0.2) is 4.39 Å². The first-order valence-electron chi connectivity index (χ1n) is 23.4. The van der Waals surface area contributed by atoms with E-state index in [-0.39, 0.29) is 40.6 Å². The monoisotopic (exact) mass is 1060 g/mol. The first-order valence-corrected chi connectivity index (χ1v) is 23.8. The van der Waals surface area contributed by atoms with Gasteiger partial charge in [0.05, 0.1) is 76.1 Å². The molecule has 7 rings (SSSR count). The maximum Gasteiger partial charge on any atom is 0.231 e. The van der Waals surface area contributed by atoms with E-state index in [0.29, 0.717) is 91.3 Å². The van der Waals surface area contributed by atoms with Crippen LogP contribution in [0.25, 0.3) is 24.3 Å². The smallest absolute Gasteiger partial charge is 0.231 e. The van der Waals surface area contributed by atoms with Gasteiger partial charge < -0.3 is 67.5 Å². The maximum absolute atomic E-state index is 15.5. The zero-order chi connectivity index (χ0) is 54.5. The minimum absolute atomic E-state index is 0.0304. The summed E-state index contributed by atoms with van der Waals surface area (Å²) in [6.07, 6.45) is 10.7. The van der Waals surface area contributed by atoms with Gasteiger partial charge in [-0.05, 0) is 90.3 Å². The number of ketones is 2. The molecule has 16 nitrogen and oxygen atoms in total. The topological polar surface area (TPSA) is 169 Å². The molecule has 1 aliphatic rings. The molecule has 76 heavy (non-hydrogen) atoms. The minimum Gasteiger partial charge on any atom is -0.495 e. The van der Waals surface area contributed by atoms with Gasteiger partial charge in [-0.1, -0.05) is 35.9 Å². The number of ether oxygens (including phenoxy) is 12. The standard InChI is InChI=1S/C58H58ClFN2O14/c1-65-46-17-16-38(25-40(46)59)56(64)39-29-44(39)62-43-31-51(69-5)49(67-3)28-36(43)14-12-34-23-54(72-8)58(74-10)55(24-34)76-32-75-47-18-15-37(26-41(47)60)45(63)19-20-61-42-30-50(68-4)48(66-2)27-35(42)13-11-33-21-52(70-6)57(73-9)53(22-33)71-7/h11-28,30-31,39,44,61-62H,29,32H2,1-10H3/b13-11-,14-12-,20-19-. The van der Waals surface area contributed by atoms with E-state index in [0.717, 1.165) is 17.2 Å². The molecular weight excluding hydrogens is 1000 g/mol. The Kier molecular flexibility index (Phi) is 18.5. The van der Waals surface area contributed by atoms with Crippen LogP contribution in [0.15, 0.2) is 97.2 Å². The van der Waals surface area contributed by atoms with Gasteiger partial charge in [0.2, 0.25) is 18.3 Å². The summed E-state index contributed by atoms with van der Waals surface area (Å²) in [7, 11) is 15.2. The van der Waals surface area contributed by atoms with Crippen molar-refractivity contribution in [2.45, 2.75) is 12.5 Å². The molecule has 0 amide bonds. The first kappa shape index (κ1) is 55.1. The lowest BCUT2D eigenvalue weighted by Crippen LogP contribution is -2.12. The van der Waals surface area contributed by atoms with Crippen LogP contribution < -0.4 is 67.5 Å². The normalized spacial score (nSPS) is 13.7. The van der Waals surface area contributed by atoms with Crippen molar-refractivity contribution in [3.8, 4) is 69.0 Å². The highest BCUT2D eigenvalue weighted by molar-refractivity contribution is 6.32. The van der Waals surface area contributed by atoms with E-state index in [4.69, 9.17) is 68.4 Å². The molecule has 398 valence electrons. The maximum atomic E-state index is 15.5. The van der Waals surface area contributed by atoms with E-state index in [2.05, 4.69) is 10.6 Å². The van der Waals surface area contributed by atoms with E-state index < -0.39 is 18.4 Å². The third kappa shape index (κ3) is 12.8. The molecule has 2 atom stereocenters. The number of carbonyl (C=O) groups excluding carboxylic acids is 2. The van der Waals surface area contributed by atoms with Gasteiger partial charge in [-0.2, -0.15) is 0 Å². The zero-order valence-electron chi connectivity index (χ0n) is 43.6. The Morgan fingerprint density at radius 1 is 0.526 bits per heavy atom. The molecule has 0 spiro atoms. The second-order valence-electron chi connectivity index (χ2n) is 16.7. The number of nitrogens with one attached hydrogen (secondary N) is 2. The third-order valence-electron chi connectivity index (χ3n) is 12.2. The Bertz CT molecular complexity index is 3150. The van der Waals surface area contributed by atoms with Crippen molar-refractivity contribution < 1.29 is 70.8 Å². The molecule has 18 heteroatoms. The van der Waals surface area contributed by atoms with Crippen molar-refractivity contribution >= 4 is 58.8 Å². The number of Topliss-reactive ketones (excluding diaryl/α,β-unsaturated/α-hetero) is 1. The molecule has 0 radical (unpaired) electrons. The van der Waals surface area contributed by atoms with Crippen LogP contribution in [0.4, 0.5) is 15.8 Å². The highest BCUT2D eigenvalue weighted by Gasteiger charge is 2.43. The molecule has 0 aliphatic heterocycles. The predicted molar refractivity (Wildman–Crippen MR) is 290 cm³/mol. The summed E-state index contributed by atoms with van der Waals surface area (Å²) in [5.74, 6) is 2.99. The average Bonchev–Trinajstić information content (AvgIpc) is 4.22. The number of rotatable bonds is 26. The van der Waals surface area contributed by atoms with Crippen LogP contribution in [0.1, 0.15) is 49.4 Å². The Hall–Kier alpha value is -8.70. The molecule has 1 saturated carbocycles. The molecule has 2 N–H and O–H groups in total. The SMILES string of the molecule is COc1ccc(C(=O)C2CC2Nc2cc(OC)c(OC)cc2/C=C\c2cc(OC)c(OC)c(OCOc3ccc(C(=O)/C=C\Nc4cc(OC)c(OC)cc4/C=C\c4cc(OC)c(OC)c(OC)c4)cc3F)c2)cc1Cl. The fourth-order valence-corrected chi connectivity index (χ4v) is 8.40. The molecule has 1 aliphatic carbocycles. The van der Waals surface area contributed by atoms with Gasteiger partial charge in [0.15, 0.2) is 69.1 Å². The van der Waals surface area contributed by atoms with Crippen molar-refractivity contribution in [2.24, 2.45) is 5.92 Å². The van der Waals surface area contributed by atoms with Gasteiger partial charge in [-0.15, -0.1) is 0 Å². The van der Waals surface area contributed by atoms with Crippen LogP contribution in [-0.2, 0) is 0 Å². The van der Waals surface area contributed by atoms with Crippen molar-refractivity contribution in [1.82, 2.24) is 0 Å². The second-order valence-corrected chi connectivity index (χ2v) is 17.1. The number of hydrogen-bond donors (Lipinski definition) is 2. The lowest BCUT2D eigenvalue weighted by molar-refractivity contribution is 0.0965. The Morgan fingerprint density at radius 3 is 1.53 bits per heavy atom. The number of allylic oxidation sites excluding steroid dienone is 1. The molecule has 2 unspecified atom stereocenters. The van der Waals surface area contributed by atoms with E-state index in [1.807, 2.05) is 36.4 Å². The van der Waals surface area contributed by atoms with Crippen LogP contribution >= 0.6 is 11.6 Å². The van der Waals surface area contributed by atoms with Gasteiger partial charge in [0, 0.05) is 70.0 Å². The lowest BCUT2D eigenvalue weighted by Gasteiger charge is -2.16. The van der Waals surface area contributed by atoms with Crippen LogP contribution in [0, 0.1) is 11.7 Å². The van der Waals surface area contributed by atoms with E-state index in [1.165, 1.54) is 81.3 Å². The highest BCUT2D eigenvalue weighted by atomic mass is 35.5. The molecular formula is C58H58ClFN2O14.